The van der Waals surface area contributed by atoms with Crippen molar-refractivity contribution in [3.8, 4) is 0 Å². The second-order valence-electron chi connectivity index (χ2n) is 2.80. The molecule has 1 aromatic carbocycles. The maximum atomic E-state index is 12.9. The molecule has 0 N–H and O–H groups in total. The molecule has 0 aliphatic carbocycles. The first-order valence-electron chi connectivity index (χ1n) is 3.63. The average molecular weight is 168 g/mol. The normalized spacial score (nSPS) is 13.0. The van der Waals surface area contributed by atoms with E-state index in [4.69, 9.17) is 0 Å². The van der Waals surface area contributed by atoms with E-state index in [-0.39, 0.29) is 5.82 Å². The van der Waals surface area contributed by atoms with Crippen molar-refractivity contribution in [1.29, 1.82) is 0 Å². The molecule has 0 aliphatic rings. The predicted octanol–water partition coefficient (Wildman–Crippen LogP) is 1.64. The molecule has 11 heavy (non-hydrogen) atoms. The van der Waals surface area contributed by atoms with Crippen LogP contribution >= 0.6 is 9.24 Å². The summed E-state index contributed by atoms with van der Waals surface area (Å²) >= 11 is 0. The lowest BCUT2D eigenvalue weighted by Gasteiger charge is -2.05. The zero-order chi connectivity index (χ0) is 8.43. The van der Waals surface area contributed by atoms with Crippen LogP contribution in [0, 0.1) is 12.7 Å². The van der Waals surface area contributed by atoms with Gasteiger partial charge in [-0.15, -0.1) is 9.24 Å². The first-order valence-corrected chi connectivity index (χ1v) is 4.29. The Balaban J connectivity index is 3.05. The lowest BCUT2D eigenvalue weighted by atomic mass is 9.95. The van der Waals surface area contributed by atoms with Gasteiger partial charge in [0.1, 0.15) is 13.7 Å². The quantitative estimate of drug-likeness (QED) is 0.441. The Kier molecular flexibility index (Phi) is 2.67. The molecule has 2 unspecified atom stereocenters. The highest BCUT2D eigenvalue weighted by Gasteiger charge is 2.01. The topological polar surface area (TPSA) is 0 Å². The summed E-state index contributed by atoms with van der Waals surface area (Å²) in [5.41, 5.74) is 2.06. The number of hydrogen-bond donors (Lipinski definition) is 0. The van der Waals surface area contributed by atoms with Crippen LogP contribution < -0.4 is 0 Å². The van der Waals surface area contributed by atoms with Crippen LogP contribution in [-0.2, 0) is 0 Å². The third-order valence-corrected chi connectivity index (χ3v) is 2.11. The summed E-state index contributed by atoms with van der Waals surface area (Å²) in [4.78, 5) is 0. The van der Waals surface area contributed by atoms with Crippen LogP contribution in [-0.4, -0.2) is 7.85 Å². The Morgan fingerprint density at radius 1 is 1.55 bits per heavy atom. The van der Waals surface area contributed by atoms with Crippen molar-refractivity contribution in [2.24, 2.45) is 0 Å². The van der Waals surface area contributed by atoms with E-state index in [2.05, 4.69) is 9.24 Å². The largest absolute Gasteiger partial charge is 0.207 e. The fourth-order valence-electron chi connectivity index (χ4n) is 0.892. The monoisotopic (exact) mass is 168 g/mol. The summed E-state index contributed by atoms with van der Waals surface area (Å²) in [5, 5.41) is 0. The molecule has 0 radical (unpaired) electrons. The van der Waals surface area contributed by atoms with Crippen molar-refractivity contribution >= 4 is 17.1 Å². The van der Waals surface area contributed by atoms with Gasteiger partial charge in [-0.25, -0.2) is 4.39 Å². The van der Waals surface area contributed by atoms with Crippen LogP contribution in [0.4, 0.5) is 4.39 Å². The second kappa shape index (κ2) is 3.36. The molecule has 3 heteroatoms. The number of hydrogen-bond acceptors (Lipinski definition) is 0. The van der Waals surface area contributed by atoms with Gasteiger partial charge in [0.15, 0.2) is 0 Å². The zero-order valence-electron chi connectivity index (χ0n) is 6.76. The molecule has 0 aliphatic heterocycles. The van der Waals surface area contributed by atoms with Gasteiger partial charge < -0.3 is 0 Å². The molecular formula is C8H11BFP. The molecule has 0 amide bonds. The van der Waals surface area contributed by atoms with Crippen LogP contribution in [0.15, 0.2) is 18.2 Å². The van der Waals surface area contributed by atoms with Gasteiger partial charge >= 0.3 is 0 Å². The van der Waals surface area contributed by atoms with E-state index in [1.54, 1.807) is 13.0 Å². The summed E-state index contributed by atoms with van der Waals surface area (Å²) in [6, 6.07) is 5.36. The Morgan fingerprint density at radius 3 is 2.64 bits per heavy atom. The van der Waals surface area contributed by atoms with Crippen molar-refractivity contribution < 1.29 is 4.39 Å². The maximum absolute atomic E-state index is 12.9. The molecule has 0 fully saturated rings. The number of rotatable bonds is 1. The summed E-state index contributed by atoms with van der Waals surface area (Å²) < 4.78 is 12.9. The molecule has 0 nitrogen and oxygen atoms in total. The van der Waals surface area contributed by atoms with Crippen LogP contribution in [0.5, 0.6) is 0 Å². The molecule has 1 aromatic rings. The van der Waals surface area contributed by atoms with Gasteiger partial charge in [-0.1, -0.05) is 12.1 Å². The zero-order valence-corrected chi connectivity index (χ0v) is 7.92. The van der Waals surface area contributed by atoms with E-state index in [1.165, 1.54) is 0 Å². The standard InChI is InChI=1S/C8H11BFP/c1-5-2-3-6(8(9)11)4-7(5)10/h2-4,8H,9,11H2,1H3. The number of halogens is 1. The minimum Gasteiger partial charge on any atom is -0.207 e. The van der Waals surface area contributed by atoms with E-state index < -0.39 is 0 Å². The minimum atomic E-state index is -0.114. The van der Waals surface area contributed by atoms with Crippen molar-refractivity contribution in [2.75, 3.05) is 0 Å². The second-order valence-corrected chi connectivity index (χ2v) is 3.80. The fraction of sp³-hybridized carbons (Fsp3) is 0.250. The van der Waals surface area contributed by atoms with Crippen molar-refractivity contribution in [3.63, 3.8) is 0 Å². The van der Waals surface area contributed by atoms with Crippen molar-refractivity contribution in [3.05, 3.63) is 35.1 Å². The van der Waals surface area contributed by atoms with Gasteiger partial charge in [-0.05, 0) is 29.7 Å². The van der Waals surface area contributed by atoms with E-state index in [1.807, 2.05) is 20.0 Å². The highest BCUT2D eigenvalue weighted by atomic mass is 31.0. The van der Waals surface area contributed by atoms with Crippen molar-refractivity contribution in [1.82, 2.24) is 0 Å². The minimum absolute atomic E-state index is 0.114. The Morgan fingerprint density at radius 2 is 2.18 bits per heavy atom. The maximum Gasteiger partial charge on any atom is 0.126 e. The number of aryl methyl sites for hydroxylation is 1. The smallest absolute Gasteiger partial charge is 0.126 e. The van der Waals surface area contributed by atoms with Gasteiger partial charge in [-0.2, -0.15) is 0 Å². The van der Waals surface area contributed by atoms with Crippen LogP contribution in [0.3, 0.4) is 0 Å². The molecule has 0 saturated heterocycles. The van der Waals surface area contributed by atoms with E-state index in [0.717, 1.165) is 5.56 Å². The lowest BCUT2D eigenvalue weighted by molar-refractivity contribution is 0.617. The van der Waals surface area contributed by atoms with Crippen LogP contribution in [0.1, 0.15) is 16.7 Å². The Bertz CT molecular complexity index is 260. The summed E-state index contributed by atoms with van der Waals surface area (Å²) in [5.74, 6) is -0.114. The van der Waals surface area contributed by atoms with Gasteiger partial charge in [0.2, 0.25) is 0 Å². The van der Waals surface area contributed by atoms with Crippen molar-refractivity contribution in [2.45, 2.75) is 12.5 Å². The highest BCUT2D eigenvalue weighted by Crippen LogP contribution is 2.20. The number of benzene rings is 1. The molecule has 2 atom stereocenters. The fourth-order valence-corrected chi connectivity index (χ4v) is 1.10. The summed E-state index contributed by atoms with van der Waals surface area (Å²) in [6.07, 6.45) is 0. The average Bonchev–Trinajstić information content (AvgIpc) is 1.94. The summed E-state index contributed by atoms with van der Waals surface area (Å²) in [7, 11) is 4.67. The third-order valence-electron chi connectivity index (χ3n) is 1.72. The first kappa shape index (κ1) is 8.74. The molecule has 0 bridgehead atoms. The molecule has 0 saturated carbocycles. The van der Waals surface area contributed by atoms with Gasteiger partial charge in [0.25, 0.3) is 0 Å². The Labute approximate surface area is 69.8 Å². The van der Waals surface area contributed by atoms with Gasteiger partial charge in [0.05, 0.1) is 0 Å². The van der Waals surface area contributed by atoms with Crippen LogP contribution in [0.25, 0.3) is 0 Å². The van der Waals surface area contributed by atoms with Gasteiger partial charge in [0, 0.05) is 0 Å². The summed E-state index contributed by atoms with van der Waals surface area (Å²) in [6.45, 7) is 1.77. The predicted molar refractivity (Wildman–Crippen MR) is 52.1 cm³/mol. The SMILES string of the molecule is BC(P)c1ccc(C)c(F)c1. The molecule has 58 valence electrons. The van der Waals surface area contributed by atoms with E-state index in [0.29, 0.717) is 11.1 Å². The van der Waals surface area contributed by atoms with E-state index in [9.17, 15) is 4.39 Å². The molecular weight excluding hydrogens is 157 g/mol. The van der Waals surface area contributed by atoms with Gasteiger partial charge in [-0.3, -0.25) is 0 Å². The van der Waals surface area contributed by atoms with E-state index >= 15 is 0 Å². The molecule has 0 heterocycles. The third kappa shape index (κ3) is 2.03. The molecule has 1 rings (SSSR count). The Hall–Kier alpha value is -0.355. The lowest BCUT2D eigenvalue weighted by Crippen LogP contribution is -1.90. The highest BCUT2D eigenvalue weighted by molar-refractivity contribution is 7.20. The molecule has 0 spiro atoms. The molecule has 0 aromatic heterocycles. The first-order chi connectivity index (χ1) is 5.11. The van der Waals surface area contributed by atoms with Crippen LogP contribution in [0.2, 0.25) is 0 Å².